The second kappa shape index (κ2) is 3.50. The second-order valence-corrected chi connectivity index (χ2v) is 3.74. The van der Waals surface area contributed by atoms with Crippen molar-refractivity contribution in [3.63, 3.8) is 0 Å². The normalized spacial score (nSPS) is 25.4. The summed E-state index contributed by atoms with van der Waals surface area (Å²) in [6.45, 7) is 1.90. The van der Waals surface area contributed by atoms with Gasteiger partial charge in [0.05, 0.1) is 6.42 Å². The third-order valence-electron chi connectivity index (χ3n) is 2.97. The van der Waals surface area contributed by atoms with Gasteiger partial charge >= 0.3 is 11.9 Å². The Morgan fingerprint density at radius 1 is 1.27 bits per heavy atom. The SMILES string of the molecule is CCC1(c2ccccc2)CC(=O)OC1=O. The van der Waals surface area contributed by atoms with E-state index in [9.17, 15) is 9.59 Å². The minimum atomic E-state index is -0.752. The van der Waals surface area contributed by atoms with Crippen LogP contribution in [0, 0.1) is 0 Å². The van der Waals surface area contributed by atoms with Crippen LogP contribution in [0.3, 0.4) is 0 Å². The predicted octanol–water partition coefficient (Wildman–Crippen LogP) is 1.81. The molecule has 0 aromatic heterocycles. The van der Waals surface area contributed by atoms with E-state index < -0.39 is 17.4 Å². The monoisotopic (exact) mass is 204 g/mol. The van der Waals surface area contributed by atoms with Gasteiger partial charge in [0, 0.05) is 0 Å². The summed E-state index contributed by atoms with van der Waals surface area (Å²) in [5, 5.41) is 0. The van der Waals surface area contributed by atoms with E-state index in [1.54, 1.807) is 0 Å². The number of hydrogen-bond donors (Lipinski definition) is 0. The molecule has 0 bridgehead atoms. The van der Waals surface area contributed by atoms with E-state index in [4.69, 9.17) is 0 Å². The van der Waals surface area contributed by atoms with Gasteiger partial charge in [0.2, 0.25) is 0 Å². The molecule has 1 aliphatic heterocycles. The van der Waals surface area contributed by atoms with Gasteiger partial charge < -0.3 is 4.74 Å². The summed E-state index contributed by atoms with van der Waals surface area (Å²) in [5.41, 5.74) is 0.113. The fourth-order valence-corrected chi connectivity index (χ4v) is 2.01. The molecule has 1 aromatic rings. The molecule has 1 unspecified atom stereocenters. The Morgan fingerprint density at radius 2 is 1.93 bits per heavy atom. The first kappa shape index (κ1) is 9.90. The van der Waals surface area contributed by atoms with Gasteiger partial charge in [-0.15, -0.1) is 0 Å². The summed E-state index contributed by atoms with van der Waals surface area (Å²) in [6, 6.07) is 9.34. The van der Waals surface area contributed by atoms with Crippen LogP contribution >= 0.6 is 0 Å². The predicted molar refractivity (Wildman–Crippen MR) is 54.1 cm³/mol. The van der Waals surface area contributed by atoms with Gasteiger partial charge in [0.15, 0.2) is 0 Å². The molecular weight excluding hydrogens is 192 g/mol. The van der Waals surface area contributed by atoms with Crippen molar-refractivity contribution in [2.24, 2.45) is 0 Å². The molecule has 1 aromatic carbocycles. The molecule has 1 heterocycles. The Kier molecular flexibility index (Phi) is 2.31. The van der Waals surface area contributed by atoms with Gasteiger partial charge in [0.1, 0.15) is 5.41 Å². The molecule has 0 amide bonds. The number of benzene rings is 1. The van der Waals surface area contributed by atoms with Crippen LogP contribution in [0.25, 0.3) is 0 Å². The summed E-state index contributed by atoms with van der Waals surface area (Å²) >= 11 is 0. The number of esters is 2. The highest BCUT2D eigenvalue weighted by atomic mass is 16.6. The lowest BCUT2D eigenvalue weighted by molar-refractivity contribution is -0.153. The summed E-state index contributed by atoms with van der Waals surface area (Å²) in [6.07, 6.45) is 0.744. The minimum Gasteiger partial charge on any atom is -0.392 e. The van der Waals surface area contributed by atoms with E-state index in [0.717, 1.165) is 5.56 Å². The number of carbonyl (C=O) groups is 2. The highest BCUT2D eigenvalue weighted by Crippen LogP contribution is 2.37. The molecule has 0 aliphatic carbocycles. The minimum absolute atomic E-state index is 0.159. The summed E-state index contributed by atoms with van der Waals surface area (Å²) < 4.78 is 4.64. The van der Waals surface area contributed by atoms with Crippen molar-refractivity contribution in [3.8, 4) is 0 Å². The standard InChI is InChI=1S/C12H12O3/c1-2-12(8-10(13)15-11(12)14)9-6-4-3-5-7-9/h3-7H,2,8H2,1H3. The lowest BCUT2D eigenvalue weighted by Gasteiger charge is -2.21. The van der Waals surface area contributed by atoms with Gasteiger partial charge in [-0.3, -0.25) is 9.59 Å². The van der Waals surface area contributed by atoms with Crippen LogP contribution in [0.4, 0.5) is 0 Å². The van der Waals surface area contributed by atoms with Crippen molar-refractivity contribution in [2.45, 2.75) is 25.2 Å². The Hall–Kier alpha value is -1.64. The van der Waals surface area contributed by atoms with Crippen LogP contribution in [0.2, 0.25) is 0 Å². The molecule has 3 nitrogen and oxygen atoms in total. The lowest BCUT2D eigenvalue weighted by atomic mass is 9.77. The second-order valence-electron chi connectivity index (χ2n) is 3.74. The summed E-state index contributed by atoms with van der Waals surface area (Å²) in [7, 11) is 0. The summed E-state index contributed by atoms with van der Waals surface area (Å²) in [5.74, 6) is -0.841. The van der Waals surface area contributed by atoms with Crippen molar-refractivity contribution in [1.29, 1.82) is 0 Å². The smallest absolute Gasteiger partial charge is 0.324 e. The molecule has 1 saturated heterocycles. The van der Waals surface area contributed by atoms with Gasteiger partial charge in [-0.05, 0) is 12.0 Å². The maximum Gasteiger partial charge on any atom is 0.324 e. The first-order valence-corrected chi connectivity index (χ1v) is 4.99. The number of rotatable bonds is 2. The van der Waals surface area contributed by atoms with Gasteiger partial charge in [0.25, 0.3) is 0 Å². The number of ether oxygens (including phenoxy) is 1. The highest BCUT2D eigenvalue weighted by molar-refractivity contribution is 6.01. The van der Waals surface area contributed by atoms with E-state index in [1.807, 2.05) is 37.3 Å². The maximum absolute atomic E-state index is 11.7. The summed E-state index contributed by atoms with van der Waals surface area (Å²) in [4.78, 5) is 22.9. The van der Waals surface area contributed by atoms with Crippen molar-refractivity contribution in [1.82, 2.24) is 0 Å². The zero-order valence-corrected chi connectivity index (χ0v) is 8.53. The topological polar surface area (TPSA) is 43.4 Å². The maximum atomic E-state index is 11.7. The molecular formula is C12H12O3. The Bertz CT molecular complexity index is 397. The van der Waals surface area contributed by atoms with Gasteiger partial charge in [-0.25, -0.2) is 0 Å². The van der Waals surface area contributed by atoms with Gasteiger partial charge in [-0.1, -0.05) is 37.3 Å². The van der Waals surface area contributed by atoms with E-state index in [-0.39, 0.29) is 6.42 Å². The Morgan fingerprint density at radius 3 is 2.40 bits per heavy atom. The Balaban J connectivity index is 2.47. The highest BCUT2D eigenvalue weighted by Gasteiger charge is 2.48. The third-order valence-corrected chi connectivity index (χ3v) is 2.97. The molecule has 15 heavy (non-hydrogen) atoms. The largest absolute Gasteiger partial charge is 0.392 e. The molecule has 1 fully saturated rings. The van der Waals surface area contributed by atoms with Crippen LogP contribution in [0.15, 0.2) is 30.3 Å². The molecule has 1 aliphatic rings. The molecule has 2 rings (SSSR count). The number of hydrogen-bond acceptors (Lipinski definition) is 3. The average molecular weight is 204 g/mol. The molecule has 3 heteroatoms. The van der Waals surface area contributed by atoms with E-state index >= 15 is 0 Å². The quantitative estimate of drug-likeness (QED) is 0.545. The molecule has 78 valence electrons. The average Bonchev–Trinajstić information content (AvgIpc) is 2.56. The molecule has 0 radical (unpaired) electrons. The number of carbonyl (C=O) groups excluding carboxylic acids is 2. The molecule has 0 spiro atoms. The van der Waals surface area contributed by atoms with Crippen LogP contribution in [0.1, 0.15) is 25.3 Å². The fraction of sp³-hybridized carbons (Fsp3) is 0.333. The zero-order chi connectivity index (χ0) is 10.9. The van der Waals surface area contributed by atoms with Crippen LogP contribution < -0.4 is 0 Å². The van der Waals surface area contributed by atoms with Crippen LogP contribution in [-0.2, 0) is 19.7 Å². The van der Waals surface area contributed by atoms with E-state index in [1.165, 1.54) is 0 Å². The van der Waals surface area contributed by atoms with Crippen molar-refractivity contribution >= 4 is 11.9 Å². The molecule has 0 saturated carbocycles. The number of cyclic esters (lactones) is 2. The Labute approximate surface area is 88.1 Å². The lowest BCUT2D eigenvalue weighted by Crippen LogP contribution is -2.30. The first-order chi connectivity index (χ1) is 7.19. The first-order valence-electron chi connectivity index (χ1n) is 4.99. The molecule has 0 N–H and O–H groups in total. The third kappa shape index (κ3) is 1.44. The van der Waals surface area contributed by atoms with Crippen molar-refractivity contribution < 1.29 is 14.3 Å². The van der Waals surface area contributed by atoms with Crippen molar-refractivity contribution in [3.05, 3.63) is 35.9 Å². The van der Waals surface area contributed by atoms with Gasteiger partial charge in [-0.2, -0.15) is 0 Å². The van der Waals surface area contributed by atoms with Crippen LogP contribution in [-0.4, -0.2) is 11.9 Å². The van der Waals surface area contributed by atoms with E-state index in [2.05, 4.69) is 4.74 Å². The fourth-order valence-electron chi connectivity index (χ4n) is 2.01. The molecule has 1 atom stereocenters. The van der Waals surface area contributed by atoms with Crippen molar-refractivity contribution in [2.75, 3.05) is 0 Å². The zero-order valence-electron chi connectivity index (χ0n) is 8.53. The van der Waals surface area contributed by atoms with E-state index in [0.29, 0.717) is 6.42 Å². The van der Waals surface area contributed by atoms with Crippen LogP contribution in [0.5, 0.6) is 0 Å².